The van der Waals surface area contributed by atoms with Gasteiger partial charge < -0.3 is 10.4 Å². The number of halogens is 3. The first-order chi connectivity index (χ1) is 17.0. The summed E-state index contributed by atoms with van der Waals surface area (Å²) in [5.41, 5.74) is -0.404. The van der Waals surface area contributed by atoms with Crippen LogP contribution in [0.2, 0.25) is 0 Å². The lowest BCUT2D eigenvalue weighted by Crippen LogP contribution is -2.32. The first-order valence-electron chi connectivity index (χ1n) is 10.5. The monoisotopic (exact) mass is 535 g/mol. The molecule has 0 saturated carbocycles. The quantitative estimate of drug-likeness (QED) is 0.442. The molecule has 2 unspecified atom stereocenters. The van der Waals surface area contributed by atoms with Gasteiger partial charge in [-0.05, 0) is 35.9 Å². The molecule has 1 saturated heterocycles. The van der Waals surface area contributed by atoms with Crippen LogP contribution in [-0.4, -0.2) is 32.6 Å². The van der Waals surface area contributed by atoms with Crippen LogP contribution in [0, 0.1) is 5.92 Å². The standard InChI is InChI=1S/C23H16F3N3O5S2/c24-23(25,26)11-2-1-3-12(8-11)27-14(31)9-29-21-18(36-22(29)34)15(10-4-6-13(30)7-5-10)16-17(35-21)20(33)28-19(16)32/h1-8,15-17,30H,9H2,(H,27,31)(H,28,32,33)/t15-,16?,17?/m0/s1. The van der Waals surface area contributed by atoms with Gasteiger partial charge in [-0.1, -0.05) is 41.3 Å². The fourth-order valence-corrected chi connectivity index (χ4v) is 7.07. The summed E-state index contributed by atoms with van der Waals surface area (Å²) in [6.45, 7) is -0.497. The Balaban J connectivity index is 1.49. The number of imide groups is 1. The molecule has 2 aliphatic rings. The van der Waals surface area contributed by atoms with Crippen molar-refractivity contribution in [3.63, 3.8) is 0 Å². The van der Waals surface area contributed by atoms with Crippen LogP contribution in [0.1, 0.15) is 21.9 Å². The SMILES string of the molecule is O=C(Cn1c2c(sc1=O)[C@@H](c1ccc(O)cc1)C1C(=O)NC(=O)C1S2)Nc1cccc(C(F)(F)F)c1. The highest BCUT2D eigenvalue weighted by Gasteiger charge is 2.52. The van der Waals surface area contributed by atoms with Crippen LogP contribution in [0.4, 0.5) is 18.9 Å². The normalized spacial score (nSPS) is 21.0. The molecule has 1 aromatic heterocycles. The van der Waals surface area contributed by atoms with Crippen molar-refractivity contribution < 1.29 is 32.7 Å². The molecule has 3 atom stereocenters. The summed E-state index contributed by atoms with van der Waals surface area (Å²) >= 11 is 1.84. The van der Waals surface area contributed by atoms with Gasteiger partial charge >= 0.3 is 11.0 Å². The predicted octanol–water partition coefficient (Wildman–Crippen LogP) is 3.15. The van der Waals surface area contributed by atoms with E-state index in [0.717, 1.165) is 45.9 Å². The molecule has 0 radical (unpaired) electrons. The third-order valence-electron chi connectivity index (χ3n) is 5.92. The number of aromatic hydroxyl groups is 1. The third-order valence-corrected chi connectivity index (χ3v) is 8.53. The summed E-state index contributed by atoms with van der Waals surface area (Å²) in [4.78, 5) is 50.7. The van der Waals surface area contributed by atoms with Gasteiger partial charge in [0.2, 0.25) is 17.7 Å². The van der Waals surface area contributed by atoms with Crippen LogP contribution in [-0.2, 0) is 27.1 Å². The van der Waals surface area contributed by atoms with E-state index >= 15 is 0 Å². The van der Waals surface area contributed by atoms with E-state index in [-0.39, 0.29) is 11.4 Å². The molecule has 0 spiro atoms. The number of amides is 3. The third kappa shape index (κ3) is 4.28. The molecule has 13 heteroatoms. The number of hydrogen-bond donors (Lipinski definition) is 3. The zero-order valence-electron chi connectivity index (χ0n) is 18.0. The molecule has 3 heterocycles. The highest BCUT2D eigenvalue weighted by molar-refractivity contribution is 8.00. The van der Waals surface area contributed by atoms with Crippen LogP contribution in [0.5, 0.6) is 5.75 Å². The van der Waals surface area contributed by atoms with Crippen molar-refractivity contribution in [3.05, 3.63) is 74.2 Å². The van der Waals surface area contributed by atoms with Crippen molar-refractivity contribution in [2.45, 2.75) is 28.9 Å². The Morgan fingerprint density at radius 1 is 1.08 bits per heavy atom. The number of aromatic nitrogens is 1. The molecule has 3 aromatic rings. The average Bonchev–Trinajstić information content (AvgIpc) is 3.27. The van der Waals surface area contributed by atoms with Crippen LogP contribution in [0.25, 0.3) is 0 Å². The van der Waals surface area contributed by atoms with Crippen LogP contribution >= 0.6 is 23.1 Å². The lowest BCUT2D eigenvalue weighted by molar-refractivity contribution is -0.137. The largest absolute Gasteiger partial charge is 0.508 e. The summed E-state index contributed by atoms with van der Waals surface area (Å²) in [5, 5.41) is 13.9. The molecule has 36 heavy (non-hydrogen) atoms. The van der Waals surface area contributed by atoms with Crippen LogP contribution in [0.15, 0.2) is 58.4 Å². The summed E-state index contributed by atoms with van der Waals surface area (Å²) in [6.07, 6.45) is -4.58. The van der Waals surface area contributed by atoms with Crippen LogP contribution in [0.3, 0.4) is 0 Å². The number of phenolic OH excluding ortho intramolecular Hbond substituents is 1. The Morgan fingerprint density at radius 2 is 1.81 bits per heavy atom. The van der Waals surface area contributed by atoms with Gasteiger partial charge in [0, 0.05) is 16.5 Å². The van der Waals surface area contributed by atoms with E-state index in [1.54, 1.807) is 12.1 Å². The summed E-state index contributed by atoms with van der Waals surface area (Å²) in [7, 11) is 0. The lowest BCUT2D eigenvalue weighted by atomic mass is 9.83. The van der Waals surface area contributed by atoms with Gasteiger partial charge in [0.15, 0.2) is 0 Å². The molecule has 3 N–H and O–H groups in total. The van der Waals surface area contributed by atoms with E-state index < -0.39 is 58.0 Å². The van der Waals surface area contributed by atoms with Crippen molar-refractivity contribution >= 4 is 46.5 Å². The number of carbonyl (C=O) groups is 3. The maximum Gasteiger partial charge on any atom is 0.416 e. The molecular formula is C23H16F3N3O5S2. The maximum atomic E-state index is 13.0. The Morgan fingerprint density at radius 3 is 2.50 bits per heavy atom. The molecule has 3 amide bonds. The van der Waals surface area contributed by atoms with Crippen molar-refractivity contribution in [1.29, 1.82) is 0 Å². The van der Waals surface area contributed by atoms with Gasteiger partial charge in [-0.15, -0.1) is 0 Å². The number of anilines is 1. The number of alkyl halides is 3. The van der Waals surface area contributed by atoms with Gasteiger partial charge in [-0.25, -0.2) is 0 Å². The smallest absolute Gasteiger partial charge is 0.416 e. The Bertz CT molecular complexity index is 1450. The second kappa shape index (κ2) is 8.82. The minimum Gasteiger partial charge on any atom is -0.508 e. The van der Waals surface area contributed by atoms with Crippen molar-refractivity contribution in [2.24, 2.45) is 5.92 Å². The number of thiazole rings is 1. The molecule has 2 aliphatic heterocycles. The van der Waals surface area contributed by atoms with Crippen LogP contribution < -0.4 is 15.5 Å². The van der Waals surface area contributed by atoms with Gasteiger partial charge in [0.25, 0.3) is 0 Å². The van der Waals surface area contributed by atoms with E-state index in [4.69, 9.17) is 0 Å². The lowest BCUT2D eigenvalue weighted by Gasteiger charge is -2.30. The topological polar surface area (TPSA) is 118 Å². The number of phenols is 1. The van der Waals surface area contributed by atoms with E-state index in [1.807, 2.05) is 0 Å². The van der Waals surface area contributed by atoms with Gasteiger partial charge in [0.05, 0.1) is 16.5 Å². The Kier molecular flexibility index (Phi) is 5.91. The zero-order chi connectivity index (χ0) is 25.8. The van der Waals surface area contributed by atoms with Crippen molar-refractivity contribution in [3.8, 4) is 5.75 Å². The average molecular weight is 536 g/mol. The summed E-state index contributed by atoms with van der Waals surface area (Å²) in [6, 6.07) is 10.2. The Labute approximate surface area is 209 Å². The summed E-state index contributed by atoms with van der Waals surface area (Å²) < 4.78 is 40.1. The maximum absolute atomic E-state index is 13.0. The minimum atomic E-state index is -4.58. The van der Waals surface area contributed by atoms with E-state index in [0.29, 0.717) is 15.5 Å². The number of nitrogens with zero attached hydrogens (tertiary/aromatic N) is 1. The Hall–Kier alpha value is -3.58. The second-order valence-electron chi connectivity index (χ2n) is 8.24. The summed E-state index contributed by atoms with van der Waals surface area (Å²) in [5.74, 6) is -3.16. The number of hydrogen-bond acceptors (Lipinski definition) is 7. The molecule has 2 aromatic carbocycles. The zero-order valence-corrected chi connectivity index (χ0v) is 19.7. The number of carbonyl (C=O) groups excluding carboxylic acids is 3. The first-order valence-corrected chi connectivity index (χ1v) is 12.2. The second-order valence-corrected chi connectivity index (χ2v) is 10.4. The number of benzene rings is 2. The van der Waals surface area contributed by atoms with E-state index in [9.17, 15) is 37.5 Å². The molecular weight excluding hydrogens is 519 g/mol. The van der Waals surface area contributed by atoms with Crippen molar-refractivity contribution in [1.82, 2.24) is 9.88 Å². The molecule has 5 rings (SSSR count). The highest BCUT2D eigenvalue weighted by Crippen LogP contribution is 2.51. The fourth-order valence-electron chi connectivity index (χ4n) is 4.33. The number of nitrogens with one attached hydrogen (secondary N) is 2. The molecule has 1 fully saturated rings. The van der Waals surface area contributed by atoms with Gasteiger partial charge in [-0.3, -0.25) is 29.1 Å². The molecule has 186 valence electrons. The number of fused-ring (bicyclic) bond motifs is 2. The minimum absolute atomic E-state index is 0.00433. The van der Waals surface area contributed by atoms with Gasteiger partial charge in [0.1, 0.15) is 17.5 Å². The molecule has 8 nitrogen and oxygen atoms in total. The highest BCUT2D eigenvalue weighted by atomic mass is 32.2. The number of rotatable bonds is 4. The fraction of sp³-hybridized carbons (Fsp3) is 0.217. The van der Waals surface area contributed by atoms with E-state index in [1.165, 1.54) is 18.2 Å². The molecule has 0 aliphatic carbocycles. The van der Waals surface area contributed by atoms with Crippen molar-refractivity contribution in [2.75, 3.05) is 5.32 Å². The first kappa shape index (κ1) is 24.1. The van der Waals surface area contributed by atoms with E-state index in [2.05, 4.69) is 10.6 Å². The predicted molar refractivity (Wildman–Crippen MR) is 125 cm³/mol. The molecule has 0 bridgehead atoms. The van der Waals surface area contributed by atoms with Gasteiger partial charge in [-0.2, -0.15) is 13.2 Å². The number of thioether (sulfide) groups is 1.